The number of halogens is 1. The lowest BCUT2D eigenvalue weighted by Crippen LogP contribution is -2.06. The molecule has 0 fully saturated rings. The topological polar surface area (TPSA) is 90.9 Å². The molecule has 2 aromatic carbocycles. The van der Waals surface area contributed by atoms with Gasteiger partial charge in [0.05, 0.1) is 24.5 Å². The molecule has 2 aromatic rings. The summed E-state index contributed by atoms with van der Waals surface area (Å²) >= 11 is 0. The summed E-state index contributed by atoms with van der Waals surface area (Å²) in [4.78, 5) is -0.549. The number of nitrogens with zero attached hydrogens (tertiary/aromatic N) is 2. The van der Waals surface area contributed by atoms with Crippen molar-refractivity contribution in [1.29, 1.82) is 10.5 Å². The molecule has 0 radical (unpaired) electrons. The molecule has 0 aliphatic rings. The van der Waals surface area contributed by atoms with Gasteiger partial charge in [0.15, 0.2) is 9.84 Å². The van der Waals surface area contributed by atoms with Gasteiger partial charge in [0.2, 0.25) is 0 Å². The summed E-state index contributed by atoms with van der Waals surface area (Å²) < 4.78 is 43.8. The molecule has 0 aliphatic carbocycles. The summed E-state index contributed by atoms with van der Waals surface area (Å²) in [5.41, 5.74) is 0.505. The van der Waals surface area contributed by atoms with Gasteiger partial charge >= 0.3 is 0 Å². The summed E-state index contributed by atoms with van der Waals surface area (Å²) in [5.74, 6) is -0.586. The predicted molar refractivity (Wildman–Crippen MR) is 90.3 cm³/mol. The van der Waals surface area contributed by atoms with Gasteiger partial charge in [-0.3, -0.25) is 0 Å². The Balaban J connectivity index is 2.34. The van der Waals surface area contributed by atoms with Crippen molar-refractivity contribution >= 4 is 15.9 Å². The Bertz CT molecular complexity index is 998. The van der Waals surface area contributed by atoms with Gasteiger partial charge in [0.25, 0.3) is 0 Å². The number of allylic oxidation sites excluding steroid dienone is 1. The highest BCUT2D eigenvalue weighted by Crippen LogP contribution is 2.21. The molecule has 0 amide bonds. The van der Waals surface area contributed by atoms with E-state index in [-0.39, 0.29) is 11.1 Å². The van der Waals surface area contributed by atoms with Crippen LogP contribution in [0.15, 0.2) is 47.4 Å². The number of benzene rings is 2. The highest BCUT2D eigenvalue weighted by molar-refractivity contribution is 7.95. The van der Waals surface area contributed by atoms with E-state index in [1.807, 2.05) is 0 Å². The van der Waals surface area contributed by atoms with E-state index in [4.69, 9.17) is 10.00 Å². The first kappa shape index (κ1) is 18.2. The monoisotopic (exact) mass is 356 g/mol. The highest BCUT2D eigenvalue weighted by Gasteiger charge is 2.19. The number of rotatable bonds is 5. The van der Waals surface area contributed by atoms with Crippen molar-refractivity contribution in [3.8, 4) is 17.9 Å². The Kier molecular flexibility index (Phi) is 5.53. The minimum absolute atomic E-state index is 0.0751. The first-order valence-electron chi connectivity index (χ1n) is 7.07. The number of hydrogen-bond donors (Lipinski definition) is 0. The zero-order chi connectivity index (χ0) is 18.4. The van der Waals surface area contributed by atoms with Crippen molar-refractivity contribution in [2.75, 3.05) is 7.11 Å². The van der Waals surface area contributed by atoms with Crippen LogP contribution in [0.25, 0.3) is 6.08 Å². The molecular formula is C18H13FN2O3S. The maximum absolute atomic E-state index is 13.9. The molecule has 0 saturated carbocycles. The number of hydrogen-bond acceptors (Lipinski definition) is 5. The van der Waals surface area contributed by atoms with Crippen molar-refractivity contribution in [2.24, 2.45) is 0 Å². The maximum Gasteiger partial charge on any atom is 0.192 e. The van der Waals surface area contributed by atoms with E-state index < -0.39 is 26.3 Å². The second-order valence-corrected chi connectivity index (χ2v) is 7.03. The molecule has 0 spiro atoms. The lowest BCUT2D eigenvalue weighted by molar-refractivity contribution is 0.414. The Labute approximate surface area is 145 Å². The van der Waals surface area contributed by atoms with E-state index in [2.05, 4.69) is 0 Å². The van der Waals surface area contributed by atoms with Gasteiger partial charge in [0, 0.05) is 5.56 Å². The average molecular weight is 356 g/mol. The second kappa shape index (κ2) is 7.61. The first-order valence-corrected chi connectivity index (χ1v) is 8.72. The van der Waals surface area contributed by atoms with E-state index in [0.29, 0.717) is 11.3 Å². The van der Waals surface area contributed by atoms with Crippen LogP contribution in [-0.4, -0.2) is 15.5 Å². The van der Waals surface area contributed by atoms with Crippen LogP contribution < -0.4 is 4.74 Å². The fourth-order valence-electron chi connectivity index (χ4n) is 2.07. The van der Waals surface area contributed by atoms with Crippen LogP contribution in [0.1, 0.15) is 16.7 Å². The third-order valence-corrected chi connectivity index (χ3v) is 4.97. The predicted octanol–water partition coefficient (Wildman–Crippen LogP) is 3.19. The molecule has 126 valence electrons. The first-order chi connectivity index (χ1) is 11.9. The van der Waals surface area contributed by atoms with Crippen molar-refractivity contribution in [2.45, 2.75) is 5.75 Å². The quantitative estimate of drug-likeness (QED) is 0.767. The number of ether oxygens (including phenoxy) is 1. The molecule has 2 rings (SSSR count). The summed E-state index contributed by atoms with van der Waals surface area (Å²) in [5, 5.41) is 17.9. The molecule has 0 aliphatic heterocycles. The third-order valence-electron chi connectivity index (χ3n) is 3.38. The molecule has 0 unspecified atom stereocenters. The number of methoxy groups -OCH3 is 1. The highest BCUT2D eigenvalue weighted by atomic mass is 32.2. The third kappa shape index (κ3) is 4.43. The van der Waals surface area contributed by atoms with Crippen LogP contribution >= 0.6 is 0 Å². The van der Waals surface area contributed by atoms with Crippen LogP contribution in [0.4, 0.5) is 4.39 Å². The van der Waals surface area contributed by atoms with Gasteiger partial charge in [-0.25, -0.2) is 12.8 Å². The minimum atomic E-state index is -3.95. The fourth-order valence-corrected chi connectivity index (χ4v) is 3.30. The molecule has 0 heterocycles. The SMILES string of the molecule is COc1ccc(CS(=O)(=O)/C(C#N)=C/c2ccc(C#N)cc2F)cc1. The summed E-state index contributed by atoms with van der Waals surface area (Å²) in [6, 6.07) is 13.4. The Morgan fingerprint density at radius 3 is 2.40 bits per heavy atom. The maximum atomic E-state index is 13.9. The van der Waals surface area contributed by atoms with Crippen LogP contribution in [0.5, 0.6) is 5.75 Å². The molecule has 0 atom stereocenters. The van der Waals surface area contributed by atoms with Gasteiger partial charge in [-0.05, 0) is 35.9 Å². The van der Waals surface area contributed by atoms with Crippen molar-refractivity contribution < 1.29 is 17.5 Å². The fraction of sp³-hybridized carbons (Fsp3) is 0.111. The summed E-state index contributed by atoms with van der Waals surface area (Å²) in [6.07, 6.45) is 0.968. The molecule has 0 N–H and O–H groups in total. The van der Waals surface area contributed by atoms with Gasteiger partial charge < -0.3 is 4.74 Å². The van der Waals surface area contributed by atoms with Crippen LogP contribution in [0, 0.1) is 28.5 Å². The van der Waals surface area contributed by atoms with Crippen molar-refractivity contribution in [3.63, 3.8) is 0 Å². The summed E-state index contributed by atoms with van der Waals surface area (Å²) in [7, 11) is -2.45. The summed E-state index contributed by atoms with van der Waals surface area (Å²) in [6.45, 7) is 0. The smallest absolute Gasteiger partial charge is 0.192 e. The molecule has 5 nitrogen and oxygen atoms in total. The lowest BCUT2D eigenvalue weighted by atomic mass is 10.1. The lowest BCUT2D eigenvalue weighted by Gasteiger charge is -2.05. The molecule has 0 saturated heterocycles. The molecule has 7 heteroatoms. The van der Waals surface area contributed by atoms with E-state index in [1.54, 1.807) is 36.4 Å². The van der Waals surface area contributed by atoms with E-state index in [9.17, 15) is 18.1 Å². The Morgan fingerprint density at radius 2 is 1.88 bits per heavy atom. The van der Waals surface area contributed by atoms with E-state index >= 15 is 0 Å². The van der Waals surface area contributed by atoms with Crippen LogP contribution in [0.2, 0.25) is 0 Å². The molecule has 0 aromatic heterocycles. The minimum Gasteiger partial charge on any atom is -0.497 e. The van der Waals surface area contributed by atoms with Gasteiger partial charge in [-0.2, -0.15) is 10.5 Å². The number of nitriles is 2. The van der Waals surface area contributed by atoms with Gasteiger partial charge in [-0.15, -0.1) is 0 Å². The standard InChI is InChI=1S/C18H13FN2O3S/c1-24-16-6-3-13(4-7-16)12-25(22,23)17(11-21)9-15-5-2-14(10-20)8-18(15)19/h2-9H,12H2,1H3/b17-9+. The molecule has 0 bridgehead atoms. The van der Waals surface area contributed by atoms with Gasteiger partial charge in [0.1, 0.15) is 22.5 Å². The Hall–Kier alpha value is -3.16. The van der Waals surface area contributed by atoms with Crippen molar-refractivity contribution in [1.82, 2.24) is 0 Å². The van der Waals surface area contributed by atoms with Gasteiger partial charge in [-0.1, -0.05) is 18.2 Å². The molecule has 25 heavy (non-hydrogen) atoms. The molecular weight excluding hydrogens is 343 g/mol. The average Bonchev–Trinajstić information content (AvgIpc) is 2.60. The van der Waals surface area contributed by atoms with Crippen molar-refractivity contribution in [3.05, 3.63) is 69.9 Å². The van der Waals surface area contributed by atoms with Crippen LogP contribution in [-0.2, 0) is 15.6 Å². The van der Waals surface area contributed by atoms with Crippen LogP contribution in [0.3, 0.4) is 0 Å². The zero-order valence-electron chi connectivity index (χ0n) is 13.2. The van der Waals surface area contributed by atoms with E-state index in [1.165, 1.54) is 19.2 Å². The zero-order valence-corrected chi connectivity index (χ0v) is 14.0. The Morgan fingerprint density at radius 1 is 1.20 bits per heavy atom. The largest absolute Gasteiger partial charge is 0.497 e. The second-order valence-electron chi connectivity index (χ2n) is 5.08. The normalized spacial score (nSPS) is 11.4. The van der Waals surface area contributed by atoms with E-state index in [0.717, 1.165) is 12.1 Å². The number of sulfone groups is 1.